The first kappa shape index (κ1) is 26.1. The fourth-order valence-corrected chi connectivity index (χ4v) is 3.71. The number of hydrogen-bond acceptors (Lipinski definition) is 5. The molecule has 2 aromatic rings. The lowest BCUT2D eigenvalue weighted by atomic mass is 9.94. The normalized spacial score (nSPS) is 12.5. The number of esters is 2. The van der Waals surface area contributed by atoms with Crippen molar-refractivity contribution in [2.45, 2.75) is 58.4 Å². The molecule has 0 saturated heterocycles. The van der Waals surface area contributed by atoms with E-state index < -0.39 is 0 Å². The Labute approximate surface area is 196 Å². The zero-order valence-corrected chi connectivity index (χ0v) is 19.8. The van der Waals surface area contributed by atoms with E-state index in [1.165, 1.54) is 7.11 Å². The van der Waals surface area contributed by atoms with Gasteiger partial charge in [0.25, 0.3) is 0 Å². The third kappa shape index (κ3) is 9.48. The summed E-state index contributed by atoms with van der Waals surface area (Å²) in [6.45, 7) is 3.94. The minimum absolute atomic E-state index is 0.0816. The van der Waals surface area contributed by atoms with Crippen LogP contribution in [0.3, 0.4) is 0 Å². The van der Waals surface area contributed by atoms with Gasteiger partial charge in [0.1, 0.15) is 0 Å². The van der Waals surface area contributed by atoms with Crippen molar-refractivity contribution in [1.82, 2.24) is 5.32 Å². The molecule has 1 amide bonds. The van der Waals surface area contributed by atoms with Gasteiger partial charge in [-0.05, 0) is 49.3 Å². The Kier molecular flexibility index (Phi) is 11.1. The molecule has 0 aromatic heterocycles. The Hall–Kier alpha value is -3.15. The molecule has 1 N–H and O–H groups in total. The summed E-state index contributed by atoms with van der Waals surface area (Å²) in [4.78, 5) is 35.9. The van der Waals surface area contributed by atoms with E-state index in [1.54, 1.807) is 6.92 Å². The number of carbonyl (C=O) groups excluding carboxylic acids is 3. The van der Waals surface area contributed by atoms with E-state index in [9.17, 15) is 14.4 Å². The summed E-state index contributed by atoms with van der Waals surface area (Å²) < 4.78 is 9.77. The molecule has 33 heavy (non-hydrogen) atoms. The van der Waals surface area contributed by atoms with E-state index in [-0.39, 0.29) is 29.8 Å². The summed E-state index contributed by atoms with van der Waals surface area (Å²) in [7, 11) is 1.36. The molecule has 6 nitrogen and oxygen atoms in total. The number of carbonyl (C=O) groups is 3. The fourth-order valence-electron chi connectivity index (χ4n) is 3.71. The number of benzene rings is 2. The van der Waals surface area contributed by atoms with Crippen molar-refractivity contribution in [3.05, 3.63) is 60.2 Å². The molecule has 0 unspecified atom stereocenters. The van der Waals surface area contributed by atoms with Crippen molar-refractivity contribution in [1.29, 1.82) is 0 Å². The van der Waals surface area contributed by atoms with Crippen LogP contribution in [0.5, 0.6) is 0 Å². The lowest BCUT2D eigenvalue weighted by Crippen LogP contribution is -2.38. The highest BCUT2D eigenvalue weighted by molar-refractivity contribution is 5.77. The molecule has 0 spiro atoms. The second kappa shape index (κ2) is 14.1. The molecule has 2 atom stereocenters. The zero-order chi connectivity index (χ0) is 24.1. The molecule has 0 saturated carbocycles. The standard InChI is InChI=1S/C27H35NO5/c1-4-33-27(31)20(2)18-24(28-25(29)12-8-9-13-26(30)32-3)19-21-14-16-23(17-15-21)22-10-6-5-7-11-22/h5-7,10-11,14-17,20,24H,4,8-9,12-13,18-19H2,1-3H3,(H,28,29)/t20-,24+/m1/s1. The van der Waals surface area contributed by atoms with Crippen LogP contribution in [-0.2, 0) is 30.3 Å². The Balaban J connectivity index is 2.00. The van der Waals surface area contributed by atoms with Crippen LogP contribution in [0.15, 0.2) is 54.6 Å². The van der Waals surface area contributed by atoms with Crippen molar-refractivity contribution in [3.63, 3.8) is 0 Å². The van der Waals surface area contributed by atoms with E-state index in [4.69, 9.17) is 4.74 Å². The van der Waals surface area contributed by atoms with Crippen LogP contribution < -0.4 is 5.32 Å². The quantitative estimate of drug-likeness (QED) is 0.351. The molecule has 178 valence electrons. The number of amides is 1. The monoisotopic (exact) mass is 453 g/mol. The summed E-state index contributed by atoms with van der Waals surface area (Å²) in [5.74, 6) is -0.926. The van der Waals surface area contributed by atoms with Crippen molar-refractivity contribution >= 4 is 17.8 Å². The van der Waals surface area contributed by atoms with Gasteiger partial charge in [0, 0.05) is 18.9 Å². The molecule has 6 heteroatoms. The van der Waals surface area contributed by atoms with E-state index in [1.807, 2.05) is 25.1 Å². The average Bonchev–Trinajstić information content (AvgIpc) is 2.82. The number of nitrogens with one attached hydrogen (secondary N) is 1. The molecule has 0 fully saturated rings. The second-order valence-electron chi connectivity index (χ2n) is 8.20. The summed E-state index contributed by atoms with van der Waals surface area (Å²) in [6, 6.07) is 18.2. The number of ether oxygens (including phenoxy) is 2. The van der Waals surface area contributed by atoms with Gasteiger partial charge in [-0.2, -0.15) is 0 Å². The lowest BCUT2D eigenvalue weighted by Gasteiger charge is -2.22. The maximum Gasteiger partial charge on any atom is 0.308 e. The van der Waals surface area contributed by atoms with Gasteiger partial charge in [0.2, 0.25) is 5.91 Å². The van der Waals surface area contributed by atoms with E-state index in [0.29, 0.717) is 45.1 Å². The highest BCUT2D eigenvalue weighted by Gasteiger charge is 2.22. The van der Waals surface area contributed by atoms with Gasteiger partial charge < -0.3 is 14.8 Å². The molecule has 0 aliphatic carbocycles. The molecule has 0 bridgehead atoms. The minimum atomic E-state index is -0.321. The van der Waals surface area contributed by atoms with E-state index in [2.05, 4.69) is 46.5 Å². The molecule has 0 radical (unpaired) electrons. The number of hydrogen-bond donors (Lipinski definition) is 1. The largest absolute Gasteiger partial charge is 0.469 e. The lowest BCUT2D eigenvalue weighted by molar-refractivity contribution is -0.148. The predicted octanol–water partition coefficient (Wildman–Crippen LogP) is 4.70. The molecule has 0 heterocycles. The van der Waals surface area contributed by atoms with Crippen LogP contribution >= 0.6 is 0 Å². The van der Waals surface area contributed by atoms with Crippen LogP contribution in [0.2, 0.25) is 0 Å². The summed E-state index contributed by atoms with van der Waals surface area (Å²) in [5.41, 5.74) is 3.36. The Morgan fingerprint density at radius 1 is 0.909 bits per heavy atom. The zero-order valence-electron chi connectivity index (χ0n) is 19.8. The van der Waals surface area contributed by atoms with E-state index >= 15 is 0 Å². The maximum atomic E-state index is 12.5. The number of rotatable bonds is 13. The Morgan fingerprint density at radius 2 is 1.55 bits per heavy atom. The summed E-state index contributed by atoms with van der Waals surface area (Å²) in [6.07, 6.45) is 2.95. The molecule has 2 aromatic carbocycles. The third-order valence-electron chi connectivity index (χ3n) is 5.50. The molecular formula is C27H35NO5. The van der Waals surface area contributed by atoms with Gasteiger partial charge in [0.15, 0.2) is 0 Å². The van der Waals surface area contributed by atoms with Crippen molar-refractivity contribution in [2.75, 3.05) is 13.7 Å². The van der Waals surface area contributed by atoms with Crippen LogP contribution in [0, 0.1) is 5.92 Å². The molecular weight excluding hydrogens is 418 g/mol. The number of methoxy groups -OCH3 is 1. The van der Waals surface area contributed by atoms with Gasteiger partial charge in [-0.1, -0.05) is 61.5 Å². The summed E-state index contributed by atoms with van der Waals surface area (Å²) in [5, 5.41) is 3.08. The maximum absolute atomic E-state index is 12.5. The van der Waals surface area contributed by atoms with Crippen LogP contribution in [0.4, 0.5) is 0 Å². The summed E-state index contributed by atoms with van der Waals surface area (Å²) >= 11 is 0. The highest BCUT2D eigenvalue weighted by atomic mass is 16.5. The van der Waals surface area contributed by atoms with Gasteiger partial charge in [-0.3, -0.25) is 14.4 Å². The van der Waals surface area contributed by atoms with Gasteiger partial charge >= 0.3 is 11.9 Å². The first-order valence-corrected chi connectivity index (χ1v) is 11.6. The highest BCUT2D eigenvalue weighted by Crippen LogP contribution is 2.21. The smallest absolute Gasteiger partial charge is 0.308 e. The van der Waals surface area contributed by atoms with Crippen LogP contribution in [-0.4, -0.2) is 37.6 Å². The van der Waals surface area contributed by atoms with Crippen molar-refractivity contribution in [3.8, 4) is 11.1 Å². The first-order chi connectivity index (χ1) is 15.9. The van der Waals surface area contributed by atoms with Crippen molar-refractivity contribution in [2.24, 2.45) is 5.92 Å². The van der Waals surface area contributed by atoms with Crippen LogP contribution in [0.1, 0.15) is 51.5 Å². The molecule has 0 aliphatic rings. The SMILES string of the molecule is CCOC(=O)[C@H](C)C[C@@H](Cc1ccc(-c2ccccc2)cc1)NC(=O)CCCCC(=O)OC. The Morgan fingerprint density at radius 3 is 2.18 bits per heavy atom. The Bertz CT molecular complexity index is 879. The van der Waals surface area contributed by atoms with Crippen LogP contribution in [0.25, 0.3) is 11.1 Å². The average molecular weight is 454 g/mol. The third-order valence-corrected chi connectivity index (χ3v) is 5.50. The topological polar surface area (TPSA) is 81.7 Å². The molecule has 2 rings (SSSR count). The predicted molar refractivity (Wildman–Crippen MR) is 128 cm³/mol. The van der Waals surface area contributed by atoms with Crippen molar-refractivity contribution < 1.29 is 23.9 Å². The first-order valence-electron chi connectivity index (χ1n) is 11.6. The van der Waals surface area contributed by atoms with Gasteiger partial charge in [0.05, 0.1) is 19.6 Å². The van der Waals surface area contributed by atoms with Gasteiger partial charge in [-0.25, -0.2) is 0 Å². The number of unbranched alkanes of at least 4 members (excludes halogenated alkanes) is 1. The second-order valence-corrected chi connectivity index (χ2v) is 8.20. The minimum Gasteiger partial charge on any atom is -0.469 e. The van der Waals surface area contributed by atoms with Gasteiger partial charge in [-0.15, -0.1) is 0 Å². The fraction of sp³-hybridized carbons (Fsp3) is 0.444. The van der Waals surface area contributed by atoms with E-state index in [0.717, 1.165) is 16.7 Å². The molecule has 0 aliphatic heterocycles.